The van der Waals surface area contributed by atoms with Crippen LogP contribution in [0.2, 0.25) is 0 Å². The number of anilines is 1. The molecule has 1 aliphatic rings. The Morgan fingerprint density at radius 1 is 1.45 bits per heavy atom. The number of carbonyl (C=O) groups is 1. The van der Waals surface area contributed by atoms with Crippen LogP contribution in [0.1, 0.15) is 41.7 Å². The number of hydrogen-bond acceptors (Lipinski definition) is 5. The Hall–Kier alpha value is -1.66. The lowest BCUT2D eigenvalue weighted by Crippen LogP contribution is -2.28. The average molecular weight is 278 g/mol. The Kier molecular flexibility index (Phi) is 5.31. The molecule has 0 spiro atoms. The maximum atomic E-state index is 12.0. The first-order valence-corrected chi connectivity index (χ1v) is 7.04. The molecule has 0 aromatic carbocycles. The third-order valence-electron chi connectivity index (χ3n) is 3.41. The number of amides is 1. The van der Waals surface area contributed by atoms with Gasteiger partial charge < -0.3 is 15.5 Å². The average Bonchev–Trinajstić information content (AvgIpc) is 2.95. The van der Waals surface area contributed by atoms with Gasteiger partial charge in [0.25, 0.3) is 5.91 Å². The second-order valence-corrected chi connectivity index (χ2v) is 5.06. The summed E-state index contributed by atoms with van der Waals surface area (Å²) in [6.45, 7) is 2.89. The van der Waals surface area contributed by atoms with Gasteiger partial charge in [-0.05, 0) is 31.9 Å². The summed E-state index contributed by atoms with van der Waals surface area (Å²) in [5, 5.41) is 2.84. The summed E-state index contributed by atoms with van der Waals surface area (Å²) in [7, 11) is 0. The Bertz CT molecular complexity index is 458. The van der Waals surface area contributed by atoms with Crippen molar-refractivity contribution in [3.05, 3.63) is 23.4 Å². The van der Waals surface area contributed by atoms with Crippen molar-refractivity contribution in [1.82, 2.24) is 10.3 Å². The molecule has 1 fully saturated rings. The summed E-state index contributed by atoms with van der Waals surface area (Å²) in [4.78, 5) is 16.1. The number of rotatable bonds is 6. The van der Waals surface area contributed by atoms with Gasteiger partial charge in [-0.1, -0.05) is 12.8 Å². The lowest BCUT2D eigenvalue weighted by Gasteiger charge is -2.12. The molecule has 0 atom stereocenters. The summed E-state index contributed by atoms with van der Waals surface area (Å²) >= 11 is 0. The number of aromatic nitrogens is 1. The van der Waals surface area contributed by atoms with Crippen molar-refractivity contribution in [2.24, 2.45) is 5.84 Å². The highest BCUT2D eigenvalue weighted by Gasteiger charge is 2.15. The van der Waals surface area contributed by atoms with Crippen molar-refractivity contribution in [2.75, 3.05) is 18.6 Å². The van der Waals surface area contributed by atoms with E-state index in [0.717, 1.165) is 18.5 Å². The molecule has 4 N–H and O–H groups in total. The van der Waals surface area contributed by atoms with Gasteiger partial charge in [-0.2, -0.15) is 0 Å². The van der Waals surface area contributed by atoms with Gasteiger partial charge in [-0.3, -0.25) is 4.79 Å². The van der Waals surface area contributed by atoms with Crippen molar-refractivity contribution >= 4 is 11.7 Å². The Morgan fingerprint density at radius 2 is 2.20 bits per heavy atom. The molecule has 6 nitrogen and oxygen atoms in total. The fraction of sp³-hybridized carbons (Fsp3) is 0.571. The van der Waals surface area contributed by atoms with E-state index >= 15 is 0 Å². The predicted molar refractivity (Wildman–Crippen MR) is 77.3 cm³/mol. The molecule has 0 bridgehead atoms. The molecule has 1 amide bonds. The zero-order valence-corrected chi connectivity index (χ0v) is 11.8. The third kappa shape index (κ3) is 4.18. The zero-order valence-electron chi connectivity index (χ0n) is 11.8. The Morgan fingerprint density at radius 3 is 2.90 bits per heavy atom. The number of hydrazine groups is 1. The largest absolute Gasteiger partial charge is 0.376 e. The van der Waals surface area contributed by atoms with Crippen LogP contribution in [0, 0.1) is 6.92 Å². The van der Waals surface area contributed by atoms with E-state index in [4.69, 9.17) is 10.6 Å². The summed E-state index contributed by atoms with van der Waals surface area (Å²) < 4.78 is 5.70. The maximum absolute atomic E-state index is 12.0. The smallest absolute Gasteiger partial charge is 0.251 e. The minimum absolute atomic E-state index is 0.137. The van der Waals surface area contributed by atoms with Gasteiger partial charge >= 0.3 is 0 Å². The van der Waals surface area contributed by atoms with Gasteiger partial charge in [0.2, 0.25) is 0 Å². The maximum Gasteiger partial charge on any atom is 0.251 e. The van der Waals surface area contributed by atoms with E-state index in [1.807, 2.05) is 6.92 Å². The molecule has 6 heteroatoms. The highest BCUT2D eigenvalue weighted by molar-refractivity contribution is 5.94. The van der Waals surface area contributed by atoms with E-state index in [-0.39, 0.29) is 5.91 Å². The number of pyridine rings is 1. The van der Waals surface area contributed by atoms with Crippen LogP contribution in [0.15, 0.2) is 12.1 Å². The van der Waals surface area contributed by atoms with Crippen molar-refractivity contribution in [1.29, 1.82) is 0 Å². The molecule has 1 aliphatic carbocycles. The summed E-state index contributed by atoms with van der Waals surface area (Å²) in [5.41, 5.74) is 3.74. The normalized spacial score (nSPS) is 15.3. The van der Waals surface area contributed by atoms with E-state index in [9.17, 15) is 4.79 Å². The quantitative estimate of drug-likeness (QED) is 0.415. The van der Waals surface area contributed by atoms with E-state index in [1.165, 1.54) is 12.8 Å². The molecule has 1 aromatic rings. The number of carbonyl (C=O) groups excluding carboxylic acids is 1. The zero-order chi connectivity index (χ0) is 14.4. The Balaban J connectivity index is 1.77. The van der Waals surface area contributed by atoms with E-state index < -0.39 is 0 Å². The van der Waals surface area contributed by atoms with Crippen molar-refractivity contribution in [2.45, 2.75) is 38.7 Å². The fourth-order valence-corrected chi connectivity index (χ4v) is 2.42. The summed E-state index contributed by atoms with van der Waals surface area (Å²) in [5.74, 6) is 5.66. The molecule has 1 aromatic heterocycles. The first-order chi connectivity index (χ1) is 9.69. The second-order valence-electron chi connectivity index (χ2n) is 5.06. The number of nitrogens with one attached hydrogen (secondary N) is 2. The van der Waals surface area contributed by atoms with Crippen molar-refractivity contribution in [3.63, 3.8) is 0 Å². The molecule has 2 rings (SSSR count). The SMILES string of the molecule is Cc1cc(C(=O)NCCOC2CCCC2)cc(NN)n1. The minimum Gasteiger partial charge on any atom is -0.376 e. The number of nitrogens with zero attached hydrogens (tertiary/aromatic N) is 1. The molecule has 0 aliphatic heterocycles. The van der Waals surface area contributed by atoms with Crippen LogP contribution in [0.25, 0.3) is 0 Å². The van der Waals surface area contributed by atoms with Gasteiger partial charge in [0.05, 0.1) is 12.7 Å². The predicted octanol–water partition coefficient (Wildman–Crippen LogP) is 1.36. The first-order valence-electron chi connectivity index (χ1n) is 7.04. The van der Waals surface area contributed by atoms with Crippen LogP contribution >= 0.6 is 0 Å². The molecule has 110 valence electrons. The van der Waals surface area contributed by atoms with Gasteiger partial charge in [-0.15, -0.1) is 0 Å². The number of aryl methyl sites for hydroxylation is 1. The lowest BCUT2D eigenvalue weighted by molar-refractivity contribution is 0.0582. The fourth-order valence-electron chi connectivity index (χ4n) is 2.42. The van der Waals surface area contributed by atoms with Crippen LogP contribution in [0.5, 0.6) is 0 Å². The molecular formula is C14H22N4O2. The van der Waals surface area contributed by atoms with Gasteiger partial charge in [0.15, 0.2) is 0 Å². The van der Waals surface area contributed by atoms with E-state index in [1.54, 1.807) is 12.1 Å². The molecule has 0 radical (unpaired) electrons. The molecule has 1 heterocycles. The van der Waals surface area contributed by atoms with Crippen LogP contribution in [-0.4, -0.2) is 30.1 Å². The topological polar surface area (TPSA) is 89.3 Å². The highest BCUT2D eigenvalue weighted by atomic mass is 16.5. The standard InChI is InChI=1S/C14H22N4O2/c1-10-8-11(9-13(17-10)18-15)14(19)16-6-7-20-12-4-2-3-5-12/h8-9,12H,2-7,15H2,1H3,(H,16,19)(H,17,18). The third-order valence-corrected chi connectivity index (χ3v) is 3.41. The molecule has 1 saturated carbocycles. The van der Waals surface area contributed by atoms with Gasteiger partial charge in [-0.25, -0.2) is 10.8 Å². The number of hydrogen-bond donors (Lipinski definition) is 3. The number of ether oxygens (including phenoxy) is 1. The van der Waals surface area contributed by atoms with Crippen LogP contribution in [0.3, 0.4) is 0 Å². The summed E-state index contributed by atoms with van der Waals surface area (Å²) in [6, 6.07) is 3.36. The van der Waals surface area contributed by atoms with Crippen LogP contribution < -0.4 is 16.6 Å². The van der Waals surface area contributed by atoms with Crippen LogP contribution in [-0.2, 0) is 4.74 Å². The monoisotopic (exact) mass is 278 g/mol. The van der Waals surface area contributed by atoms with E-state index in [2.05, 4.69) is 15.7 Å². The first kappa shape index (κ1) is 14.7. The molecule has 0 unspecified atom stereocenters. The second kappa shape index (κ2) is 7.21. The molecule has 0 saturated heterocycles. The number of nitrogens with two attached hydrogens (primary N) is 1. The Labute approximate surface area is 119 Å². The van der Waals surface area contributed by atoms with E-state index in [0.29, 0.717) is 30.6 Å². The van der Waals surface area contributed by atoms with Gasteiger partial charge in [0, 0.05) is 17.8 Å². The molecular weight excluding hydrogens is 256 g/mol. The highest BCUT2D eigenvalue weighted by Crippen LogP contribution is 2.20. The minimum atomic E-state index is -0.137. The lowest BCUT2D eigenvalue weighted by atomic mass is 10.2. The summed E-state index contributed by atoms with van der Waals surface area (Å²) in [6.07, 6.45) is 5.17. The number of nitrogen functional groups attached to an aromatic ring is 1. The van der Waals surface area contributed by atoms with Crippen LogP contribution in [0.4, 0.5) is 5.82 Å². The molecule has 20 heavy (non-hydrogen) atoms. The van der Waals surface area contributed by atoms with Crippen molar-refractivity contribution < 1.29 is 9.53 Å². The van der Waals surface area contributed by atoms with Crippen molar-refractivity contribution in [3.8, 4) is 0 Å². The van der Waals surface area contributed by atoms with Gasteiger partial charge in [0.1, 0.15) is 5.82 Å².